The molecular weight excluding hydrogens is 819 g/mol. The Morgan fingerprint density at radius 2 is 1.89 bits per heavy atom. The highest BCUT2D eigenvalue weighted by atomic mass is 32.1. The molecule has 0 spiro atoms. The van der Waals surface area contributed by atoms with Crippen LogP contribution in [-0.4, -0.2) is 137 Å². The van der Waals surface area contributed by atoms with Crippen LogP contribution in [0.25, 0.3) is 33.4 Å². The summed E-state index contributed by atoms with van der Waals surface area (Å²) in [5.74, 6) is -1.50. The van der Waals surface area contributed by atoms with Crippen molar-refractivity contribution in [2.45, 2.75) is 104 Å². The first-order valence-corrected chi connectivity index (χ1v) is 23.3. The quantitative estimate of drug-likeness (QED) is 0.204. The molecule has 2 saturated heterocycles. The molecule has 3 aliphatic rings. The number of hydrazine groups is 1. The monoisotopic (exact) mass is 883 g/mol. The lowest BCUT2D eigenvalue weighted by atomic mass is 9.84. The molecule has 4 atom stereocenters. The van der Waals surface area contributed by atoms with Gasteiger partial charge in [-0.3, -0.25) is 24.4 Å². The molecule has 2 fully saturated rings. The van der Waals surface area contributed by atoms with Crippen LogP contribution in [0.1, 0.15) is 83.2 Å². The highest BCUT2D eigenvalue weighted by molar-refractivity contribution is 7.10. The molecule has 1 aromatic carbocycles. The Morgan fingerprint density at radius 3 is 2.63 bits per heavy atom. The molecule has 0 radical (unpaired) electrons. The van der Waals surface area contributed by atoms with Crippen LogP contribution in [-0.2, 0) is 43.2 Å². The lowest BCUT2D eigenvalue weighted by molar-refractivity contribution is -0.155. The summed E-state index contributed by atoms with van der Waals surface area (Å²) < 4.78 is 14.3. The number of nitrogens with one attached hydrogen (secondary N) is 2. The number of cyclic esters (lactones) is 1. The third-order valence-electron chi connectivity index (χ3n) is 12.8. The van der Waals surface area contributed by atoms with Gasteiger partial charge in [0.25, 0.3) is 5.91 Å². The number of benzene rings is 1. The molecular formula is C47H65N9O6S. The molecule has 16 heteroatoms. The van der Waals surface area contributed by atoms with Gasteiger partial charge in [-0.1, -0.05) is 33.8 Å². The zero-order chi connectivity index (χ0) is 45.2. The molecule has 4 aromatic rings. The SMILES string of the molecule is CCn1c(-c2cccnc2[C@H](C)OC)c2c3cc(ccc31)-c1csc(n1)C[C@H](NC(=O)C(C(C)C)N(C)C(=O)N1CCCN(C)CC1)C(=O)N1CCC[C@H](N1)C(=O)OCC(C)(C)C2. The smallest absolute Gasteiger partial charge is 0.324 e. The van der Waals surface area contributed by atoms with E-state index in [2.05, 4.69) is 65.2 Å². The molecule has 3 aromatic heterocycles. The molecule has 3 aliphatic heterocycles. The third-order valence-corrected chi connectivity index (χ3v) is 13.6. The second-order valence-corrected chi connectivity index (χ2v) is 19.4. The van der Waals surface area contributed by atoms with Crippen LogP contribution in [0.2, 0.25) is 0 Å². The first-order chi connectivity index (χ1) is 30.1. The molecule has 6 heterocycles. The van der Waals surface area contributed by atoms with Gasteiger partial charge >= 0.3 is 12.0 Å². The number of methoxy groups -OCH3 is 1. The van der Waals surface area contributed by atoms with E-state index in [1.165, 1.54) is 21.2 Å². The van der Waals surface area contributed by atoms with Crippen molar-refractivity contribution >= 4 is 46.1 Å². The van der Waals surface area contributed by atoms with Crippen molar-refractivity contribution in [3.05, 3.63) is 58.2 Å². The second-order valence-electron chi connectivity index (χ2n) is 18.5. The first-order valence-electron chi connectivity index (χ1n) is 22.4. The number of ether oxygens (including phenoxy) is 2. The predicted molar refractivity (Wildman–Crippen MR) is 245 cm³/mol. The summed E-state index contributed by atoms with van der Waals surface area (Å²) in [6.45, 7) is 16.2. The van der Waals surface area contributed by atoms with Crippen molar-refractivity contribution in [2.24, 2.45) is 11.3 Å². The number of thiazole rings is 1. The number of likely N-dealkylation sites (N-methyl/N-ethyl adjacent to an activating group) is 2. The highest BCUT2D eigenvalue weighted by Crippen LogP contribution is 2.42. The maximum Gasteiger partial charge on any atom is 0.324 e. The topological polar surface area (TPSA) is 154 Å². The molecule has 340 valence electrons. The molecule has 63 heavy (non-hydrogen) atoms. The van der Waals surface area contributed by atoms with Crippen molar-refractivity contribution in [3.8, 4) is 22.5 Å². The highest BCUT2D eigenvalue weighted by Gasteiger charge is 2.39. The largest absolute Gasteiger partial charge is 0.464 e. The molecule has 7 rings (SSSR count). The Hall–Kier alpha value is -4.90. The van der Waals surface area contributed by atoms with Gasteiger partial charge in [-0.2, -0.15) is 0 Å². The molecule has 0 aliphatic carbocycles. The number of pyridine rings is 1. The molecule has 6 bridgehead atoms. The predicted octanol–water partition coefficient (Wildman–Crippen LogP) is 5.92. The van der Waals surface area contributed by atoms with Gasteiger partial charge in [-0.15, -0.1) is 11.3 Å². The minimum Gasteiger partial charge on any atom is -0.464 e. The Labute approximate surface area is 375 Å². The lowest BCUT2D eigenvalue weighted by Gasteiger charge is -2.37. The fraction of sp³-hybridized carbons (Fsp3) is 0.574. The maximum absolute atomic E-state index is 14.6. The minimum absolute atomic E-state index is 0.114. The van der Waals surface area contributed by atoms with Crippen molar-refractivity contribution in [3.63, 3.8) is 0 Å². The number of carbonyl (C=O) groups is 4. The standard InChI is InChI=1S/C47H65N9O6S/c1-10-55-38-17-16-31-24-33(38)34(42(55)32-14-11-18-48-40(32)30(4)61-9)26-47(5,6)28-62-45(59)35-15-12-21-56(51-35)44(58)36(25-39-49-37(31)27-63-39)50-43(57)41(29(2)3)53(8)46(60)54-20-13-19-52(7)22-23-54/h11,14,16-18,24,27,29-30,35-36,41,51H,10,12-13,15,19-23,25-26,28H2,1-9H3,(H,50,57)/t30-,35-,36-,41?/m0/s1. The van der Waals surface area contributed by atoms with Crippen molar-refractivity contribution < 1.29 is 28.7 Å². The van der Waals surface area contributed by atoms with E-state index >= 15 is 0 Å². The number of esters is 1. The molecule has 4 amide bonds. The number of nitrogens with zero attached hydrogens (tertiary/aromatic N) is 7. The van der Waals surface area contributed by atoms with E-state index in [1.807, 2.05) is 39.3 Å². The van der Waals surface area contributed by atoms with Gasteiger partial charge < -0.3 is 34.1 Å². The van der Waals surface area contributed by atoms with E-state index < -0.39 is 35.4 Å². The van der Waals surface area contributed by atoms with Gasteiger partial charge in [0.2, 0.25) is 5.91 Å². The summed E-state index contributed by atoms with van der Waals surface area (Å²) in [5, 5.41) is 8.24. The van der Waals surface area contributed by atoms with E-state index in [0.717, 1.165) is 64.2 Å². The summed E-state index contributed by atoms with van der Waals surface area (Å²) in [4.78, 5) is 72.2. The van der Waals surface area contributed by atoms with Crippen LogP contribution in [0.3, 0.4) is 0 Å². The van der Waals surface area contributed by atoms with Gasteiger partial charge in [-0.05, 0) is 88.9 Å². The zero-order valence-electron chi connectivity index (χ0n) is 38.4. The summed E-state index contributed by atoms with van der Waals surface area (Å²) in [5.41, 5.74) is 9.41. The van der Waals surface area contributed by atoms with Gasteiger partial charge in [-0.25, -0.2) is 15.2 Å². The average Bonchev–Trinajstić information content (AvgIpc) is 3.78. The number of amides is 4. The fourth-order valence-electron chi connectivity index (χ4n) is 9.33. The van der Waals surface area contributed by atoms with Crippen LogP contribution >= 0.6 is 11.3 Å². The van der Waals surface area contributed by atoms with E-state index in [9.17, 15) is 19.2 Å². The third kappa shape index (κ3) is 9.93. The van der Waals surface area contributed by atoms with E-state index in [-0.39, 0.29) is 37.0 Å². The van der Waals surface area contributed by atoms with Crippen LogP contribution in [0.5, 0.6) is 0 Å². The zero-order valence-corrected chi connectivity index (χ0v) is 39.2. The molecule has 2 N–H and O–H groups in total. The summed E-state index contributed by atoms with van der Waals surface area (Å²) in [7, 11) is 5.40. The Morgan fingerprint density at radius 1 is 1.10 bits per heavy atom. The number of hydrogen-bond donors (Lipinski definition) is 2. The number of carbonyl (C=O) groups excluding carboxylic acids is 4. The van der Waals surface area contributed by atoms with E-state index in [1.54, 1.807) is 25.3 Å². The Balaban J connectivity index is 1.28. The summed E-state index contributed by atoms with van der Waals surface area (Å²) in [6, 6.07) is 7.63. The molecule has 0 saturated carbocycles. The Bertz CT molecular complexity index is 2310. The summed E-state index contributed by atoms with van der Waals surface area (Å²) in [6.07, 6.45) is 4.16. The number of fused-ring (bicyclic) bond motifs is 6. The Kier molecular flexibility index (Phi) is 14.2. The normalized spacial score (nSPS) is 21.1. The van der Waals surface area contributed by atoms with Gasteiger partial charge in [0, 0.05) is 92.3 Å². The molecule has 15 nitrogen and oxygen atoms in total. The van der Waals surface area contributed by atoms with Gasteiger partial charge in [0.15, 0.2) is 0 Å². The maximum atomic E-state index is 14.6. The van der Waals surface area contributed by atoms with Gasteiger partial charge in [0.1, 0.15) is 18.1 Å². The second kappa shape index (κ2) is 19.5. The van der Waals surface area contributed by atoms with E-state index in [0.29, 0.717) is 50.4 Å². The number of aromatic nitrogens is 3. The van der Waals surface area contributed by atoms with Crippen LogP contribution in [0, 0.1) is 11.3 Å². The summed E-state index contributed by atoms with van der Waals surface area (Å²) >= 11 is 1.43. The van der Waals surface area contributed by atoms with Crippen LogP contribution < -0.4 is 10.7 Å². The minimum atomic E-state index is -1.04. The fourth-order valence-corrected chi connectivity index (χ4v) is 10.2. The van der Waals surface area contributed by atoms with Crippen molar-refractivity contribution in [1.82, 2.24) is 45.0 Å². The number of hydrogen-bond acceptors (Lipinski definition) is 11. The number of urea groups is 1. The number of aryl methyl sites for hydroxylation is 1. The van der Waals surface area contributed by atoms with Crippen LogP contribution in [0.4, 0.5) is 4.79 Å². The van der Waals surface area contributed by atoms with Crippen LogP contribution in [0.15, 0.2) is 41.9 Å². The first kappa shape index (κ1) is 46.1. The number of rotatable bonds is 8. The molecule has 1 unspecified atom stereocenters. The van der Waals surface area contributed by atoms with Crippen molar-refractivity contribution in [1.29, 1.82) is 0 Å². The van der Waals surface area contributed by atoms with E-state index in [4.69, 9.17) is 19.4 Å². The average molecular weight is 884 g/mol. The lowest BCUT2D eigenvalue weighted by Crippen LogP contribution is -2.62. The van der Waals surface area contributed by atoms with Gasteiger partial charge in [0.05, 0.1) is 34.8 Å². The van der Waals surface area contributed by atoms with Crippen molar-refractivity contribution in [2.75, 3.05) is 60.5 Å².